The van der Waals surface area contributed by atoms with Crippen molar-refractivity contribution in [2.45, 2.75) is 25.2 Å². The average Bonchev–Trinajstić information content (AvgIpc) is 2.44. The third kappa shape index (κ3) is 1.16. The van der Waals surface area contributed by atoms with Crippen LogP contribution in [0.3, 0.4) is 0 Å². The summed E-state index contributed by atoms with van der Waals surface area (Å²) in [5.41, 5.74) is 8.72. The van der Waals surface area contributed by atoms with Gasteiger partial charge in [-0.2, -0.15) is 0 Å². The number of nitrogens with two attached hydrogens (primary N) is 1. The molecule has 0 saturated heterocycles. The van der Waals surface area contributed by atoms with Crippen LogP contribution in [0.15, 0.2) is 12.4 Å². The van der Waals surface area contributed by atoms with Crippen molar-refractivity contribution >= 4 is 0 Å². The van der Waals surface area contributed by atoms with Gasteiger partial charge < -0.3 is 10.3 Å². The predicted molar refractivity (Wildman–Crippen MR) is 50.1 cm³/mol. The van der Waals surface area contributed by atoms with Crippen molar-refractivity contribution in [1.82, 2.24) is 4.57 Å². The summed E-state index contributed by atoms with van der Waals surface area (Å²) in [6.45, 7) is 0.803. The number of fused-ring (bicyclic) bond motifs is 1. The first kappa shape index (κ1) is 7.87. The minimum atomic E-state index is 0.620. The molecule has 1 atom stereocenters. The second kappa shape index (κ2) is 2.94. The summed E-state index contributed by atoms with van der Waals surface area (Å²) >= 11 is 0. The number of nitrogens with zero attached hydrogens (tertiary/aromatic N) is 1. The summed E-state index contributed by atoms with van der Waals surface area (Å²) < 4.78 is 2.15. The van der Waals surface area contributed by atoms with Crippen LogP contribution in [0.5, 0.6) is 0 Å². The molecule has 0 spiro atoms. The van der Waals surface area contributed by atoms with E-state index in [-0.39, 0.29) is 0 Å². The maximum Gasteiger partial charge on any atom is 0.0106 e. The molecule has 2 nitrogen and oxygen atoms in total. The lowest BCUT2D eigenvalue weighted by atomic mass is 9.86. The summed E-state index contributed by atoms with van der Waals surface area (Å²) in [6, 6.07) is 0. The van der Waals surface area contributed by atoms with Crippen LogP contribution >= 0.6 is 0 Å². The Kier molecular flexibility index (Phi) is 1.93. The molecule has 2 N–H and O–H groups in total. The summed E-state index contributed by atoms with van der Waals surface area (Å²) in [5.74, 6) is 0.620. The fourth-order valence-corrected chi connectivity index (χ4v) is 2.18. The molecule has 1 aliphatic rings. The summed E-state index contributed by atoms with van der Waals surface area (Å²) in [4.78, 5) is 0. The molecule has 1 heterocycles. The van der Waals surface area contributed by atoms with Gasteiger partial charge in [0.05, 0.1) is 0 Å². The van der Waals surface area contributed by atoms with Gasteiger partial charge in [-0.15, -0.1) is 0 Å². The predicted octanol–water partition coefficient (Wildman–Crippen LogP) is 1.40. The lowest BCUT2D eigenvalue weighted by molar-refractivity contribution is 0.563. The first-order valence-corrected chi connectivity index (χ1v) is 4.66. The van der Waals surface area contributed by atoms with Crippen LogP contribution < -0.4 is 5.73 Å². The number of aryl methyl sites for hydroxylation is 2. The first-order valence-electron chi connectivity index (χ1n) is 4.66. The van der Waals surface area contributed by atoms with Gasteiger partial charge in [-0.1, -0.05) is 0 Å². The third-order valence-electron chi connectivity index (χ3n) is 2.80. The Morgan fingerprint density at radius 1 is 1.58 bits per heavy atom. The van der Waals surface area contributed by atoms with E-state index < -0.39 is 0 Å². The van der Waals surface area contributed by atoms with Crippen LogP contribution in [0.1, 0.15) is 29.9 Å². The first-order chi connectivity index (χ1) is 5.81. The highest BCUT2D eigenvalue weighted by Crippen LogP contribution is 2.30. The molecule has 0 aromatic carbocycles. The molecule has 1 aromatic heterocycles. The van der Waals surface area contributed by atoms with Crippen LogP contribution in [-0.4, -0.2) is 11.1 Å². The van der Waals surface area contributed by atoms with E-state index in [0.717, 1.165) is 6.54 Å². The fraction of sp³-hybridized carbons (Fsp3) is 0.600. The molecule has 1 unspecified atom stereocenters. The molecule has 0 aliphatic heterocycles. The van der Waals surface area contributed by atoms with Gasteiger partial charge in [0.1, 0.15) is 0 Å². The minimum absolute atomic E-state index is 0.620. The summed E-state index contributed by atoms with van der Waals surface area (Å²) in [7, 11) is 2.09. The van der Waals surface area contributed by atoms with E-state index in [0.29, 0.717) is 5.92 Å². The standard InChI is InChI=1S/C10H16N2/c1-12-6-9-4-2-3-8(5-11)10(9)7-12/h6-8H,2-5,11H2,1H3. The molecule has 0 saturated carbocycles. The Morgan fingerprint density at radius 2 is 2.42 bits per heavy atom. The number of hydrogen-bond acceptors (Lipinski definition) is 1. The second-order valence-electron chi connectivity index (χ2n) is 3.73. The van der Waals surface area contributed by atoms with Crippen LogP contribution in [-0.2, 0) is 13.5 Å². The van der Waals surface area contributed by atoms with E-state index in [2.05, 4.69) is 24.0 Å². The van der Waals surface area contributed by atoms with Gasteiger partial charge in [-0.05, 0) is 42.9 Å². The number of aromatic nitrogens is 1. The zero-order valence-electron chi connectivity index (χ0n) is 7.59. The summed E-state index contributed by atoms with van der Waals surface area (Å²) in [5, 5.41) is 0. The van der Waals surface area contributed by atoms with Crippen LogP contribution in [0.2, 0.25) is 0 Å². The molecule has 0 bridgehead atoms. The van der Waals surface area contributed by atoms with Crippen molar-refractivity contribution in [2.75, 3.05) is 6.54 Å². The van der Waals surface area contributed by atoms with Crippen LogP contribution in [0.4, 0.5) is 0 Å². The van der Waals surface area contributed by atoms with Crippen molar-refractivity contribution in [2.24, 2.45) is 12.8 Å². The van der Waals surface area contributed by atoms with E-state index in [9.17, 15) is 0 Å². The van der Waals surface area contributed by atoms with E-state index in [1.807, 2.05) is 0 Å². The quantitative estimate of drug-likeness (QED) is 0.668. The molecule has 0 radical (unpaired) electrons. The molecule has 1 aromatic rings. The van der Waals surface area contributed by atoms with Crippen molar-refractivity contribution in [3.63, 3.8) is 0 Å². The van der Waals surface area contributed by atoms with Crippen molar-refractivity contribution in [3.05, 3.63) is 23.5 Å². The van der Waals surface area contributed by atoms with Gasteiger partial charge in [0.25, 0.3) is 0 Å². The van der Waals surface area contributed by atoms with E-state index in [4.69, 9.17) is 5.73 Å². The van der Waals surface area contributed by atoms with Gasteiger partial charge in [-0.25, -0.2) is 0 Å². The molecular formula is C10H16N2. The van der Waals surface area contributed by atoms with E-state index in [1.54, 1.807) is 0 Å². The normalized spacial score (nSPS) is 22.3. The molecule has 66 valence electrons. The van der Waals surface area contributed by atoms with Crippen LogP contribution in [0, 0.1) is 0 Å². The molecule has 12 heavy (non-hydrogen) atoms. The highest BCUT2D eigenvalue weighted by molar-refractivity contribution is 5.30. The van der Waals surface area contributed by atoms with Gasteiger partial charge in [0.15, 0.2) is 0 Å². The van der Waals surface area contributed by atoms with Gasteiger partial charge in [-0.3, -0.25) is 0 Å². The SMILES string of the molecule is Cn1cc2c(c1)C(CN)CCC2. The molecule has 0 amide bonds. The van der Waals surface area contributed by atoms with Crippen molar-refractivity contribution in [3.8, 4) is 0 Å². The largest absolute Gasteiger partial charge is 0.357 e. The Labute approximate surface area is 73.4 Å². The maximum absolute atomic E-state index is 5.72. The lowest BCUT2D eigenvalue weighted by Crippen LogP contribution is -2.16. The number of rotatable bonds is 1. The van der Waals surface area contributed by atoms with Crippen LogP contribution in [0.25, 0.3) is 0 Å². The zero-order chi connectivity index (χ0) is 8.55. The Balaban J connectivity index is 2.36. The third-order valence-corrected chi connectivity index (χ3v) is 2.80. The highest BCUT2D eigenvalue weighted by atomic mass is 14.9. The van der Waals surface area contributed by atoms with Crippen molar-refractivity contribution < 1.29 is 0 Å². The maximum atomic E-state index is 5.72. The molecule has 2 heteroatoms. The fourth-order valence-electron chi connectivity index (χ4n) is 2.18. The smallest absolute Gasteiger partial charge is 0.0106 e. The Hall–Kier alpha value is -0.760. The minimum Gasteiger partial charge on any atom is -0.357 e. The average molecular weight is 164 g/mol. The molecule has 2 rings (SSSR count). The van der Waals surface area contributed by atoms with Gasteiger partial charge >= 0.3 is 0 Å². The molecular weight excluding hydrogens is 148 g/mol. The monoisotopic (exact) mass is 164 g/mol. The molecule has 0 fully saturated rings. The van der Waals surface area contributed by atoms with E-state index in [1.165, 1.54) is 30.4 Å². The van der Waals surface area contributed by atoms with Gasteiger partial charge in [0.2, 0.25) is 0 Å². The zero-order valence-corrected chi connectivity index (χ0v) is 7.59. The highest BCUT2D eigenvalue weighted by Gasteiger charge is 2.19. The Morgan fingerprint density at radius 3 is 3.17 bits per heavy atom. The summed E-state index contributed by atoms with van der Waals surface area (Å²) in [6.07, 6.45) is 8.28. The lowest BCUT2D eigenvalue weighted by Gasteiger charge is -2.20. The second-order valence-corrected chi connectivity index (χ2v) is 3.73. The topological polar surface area (TPSA) is 30.9 Å². The Bertz CT molecular complexity index is 275. The van der Waals surface area contributed by atoms with Crippen molar-refractivity contribution in [1.29, 1.82) is 0 Å². The molecule has 1 aliphatic carbocycles. The van der Waals surface area contributed by atoms with Gasteiger partial charge in [0, 0.05) is 19.4 Å². The van der Waals surface area contributed by atoms with E-state index >= 15 is 0 Å². The number of hydrogen-bond donors (Lipinski definition) is 1.